The third-order valence-electron chi connectivity index (χ3n) is 3.34. The number of rotatable bonds is 6. The minimum absolute atomic E-state index is 0.0150. The number of carbonyl (C=O) groups is 1. The van der Waals surface area contributed by atoms with Crippen molar-refractivity contribution < 1.29 is 14.5 Å². The number of benzene rings is 2. The Morgan fingerprint density at radius 1 is 1.25 bits per heavy atom. The first kappa shape index (κ1) is 17.1. The Bertz CT molecular complexity index is 770. The third kappa shape index (κ3) is 4.64. The maximum atomic E-state index is 11.9. The summed E-state index contributed by atoms with van der Waals surface area (Å²) in [6.07, 6.45) is 0.0150. The lowest BCUT2D eigenvalue weighted by Gasteiger charge is -2.04. The molecule has 0 saturated carbocycles. The van der Waals surface area contributed by atoms with Crippen LogP contribution in [0.3, 0.4) is 0 Å². The fourth-order valence-corrected chi connectivity index (χ4v) is 2.05. The lowest BCUT2D eigenvalue weighted by molar-refractivity contribution is -0.384. The van der Waals surface area contributed by atoms with Gasteiger partial charge in [0.15, 0.2) is 0 Å². The van der Waals surface area contributed by atoms with Gasteiger partial charge in [-0.2, -0.15) is 5.10 Å². The minimum Gasteiger partial charge on any atom is -0.497 e. The summed E-state index contributed by atoms with van der Waals surface area (Å²) in [5, 5.41) is 14.8. The van der Waals surface area contributed by atoms with E-state index in [1.54, 1.807) is 38.3 Å². The van der Waals surface area contributed by atoms with E-state index in [4.69, 9.17) is 4.74 Å². The molecule has 7 heteroatoms. The summed E-state index contributed by atoms with van der Waals surface area (Å²) in [7, 11) is 1.59. The Balaban J connectivity index is 1.98. The van der Waals surface area contributed by atoms with Gasteiger partial charge in [0, 0.05) is 12.1 Å². The van der Waals surface area contributed by atoms with Crippen LogP contribution in [0.25, 0.3) is 0 Å². The highest BCUT2D eigenvalue weighted by atomic mass is 16.6. The van der Waals surface area contributed by atoms with Crippen LogP contribution >= 0.6 is 0 Å². The molecule has 2 aromatic rings. The molecule has 0 aliphatic rings. The number of carbonyl (C=O) groups excluding carboxylic acids is 1. The number of nitro groups is 1. The second kappa shape index (κ2) is 7.87. The van der Waals surface area contributed by atoms with E-state index < -0.39 is 4.92 Å². The van der Waals surface area contributed by atoms with Gasteiger partial charge >= 0.3 is 0 Å². The zero-order valence-electron chi connectivity index (χ0n) is 13.4. The molecule has 0 fully saturated rings. The van der Waals surface area contributed by atoms with Gasteiger partial charge in [0.25, 0.3) is 5.69 Å². The molecule has 2 aromatic carbocycles. The van der Waals surface area contributed by atoms with E-state index in [0.717, 1.165) is 11.3 Å². The topological polar surface area (TPSA) is 93.8 Å². The standard InChI is InChI=1S/C17H17N3O4/c1-12(14-6-8-16(24-2)9-7-14)18-19-17(21)11-13-4-3-5-15(10-13)20(22)23/h3-10H,11H2,1-2H3,(H,19,21). The second-order valence-electron chi connectivity index (χ2n) is 5.06. The molecule has 0 bridgehead atoms. The molecule has 0 saturated heterocycles. The smallest absolute Gasteiger partial charge is 0.269 e. The highest BCUT2D eigenvalue weighted by Gasteiger charge is 2.09. The van der Waals surface area contributed by atoms with Gasteiger partial charge in [-0.05, 0) is 42.3 Å². The van der Waals surface area contributed by atoms with Crippen LogP contribution in [0.1, 0.15) is 18.1 Å². The largest absolute Gasteiger partial charge is 0.497 e. The van der Waals surface area contributed by atoms with Gasteiger partial charge in [-0.3, -0.25) is 14.9 Å². The van der Waals surface area contributed by atoms with Crippen molar-refractivity contribution >= 4 is 17.3 Å². The van der Waals surface area contributed by atoms with Crippen LogP contribution in [0.15, 0.2) is 53.6 Å². The van der Waals surface area contributed by atoms with Gasteiger partial charge in [-0.15, -0.1) is 0 Å². The summed E-state index contributed by atoms with van der Waals surface area (Å²) in [6, 6.07) is 13.2. The van der Waals surface area contributed by atoms with Gasteiger partial charge in [0.1, 0.15) is 5.75 Å². The molecule has 0 aromatic heterocycles. The van der Waals surface area contributed by atoms with Crippen molar-refractivity contribution in [2.45, 2.75) is 13.3 Å². The quantitative estimate of drug-likeness (QED) is 0.501. The number of nitrogens with zero attached hydrogens (tertiary/aromatic N) is 2. The Labute approximate surface area is 139 Å². The number of hydrazone groups is 1. The predicted octanol–water partition coefficient (Wildman–Crippen LogP) is 2.69. The van der Waals surface area contributed by atoms with Crippen molar-refractivity contribution in [2.75, 3.05) is 7.11 Å². The summed E-state index contributed by atoms with van der Waals surface area (Å²) < 4.78 is 5.08. The maximum Gasteiger partial charge on any atom is 0.269 e. The van der Waals surface area contributed by atoms with Crippen molar-refractivity contribution in [2.24, 2.45) is 5.10 Å². The minimum atomic E-state index is -0.493. The van der Waals surface area contributed by atoms with Crippen LogP contribution in [0.2, 0.25) is 0 Å². The molecule has 124 valence electrons. The van der Waals surface area contributed by atoms with Crippen LogP contribution < -0.4 is 10.2 Å². The molecule has 1 amide bonds. The average Bonchev–Trinajstić information content (AvgIpc) is 2.60. The molecule has 0 unspecified atom stereocenters. The van der Waals surface area contributed by atoms with E-state index in [1.807, 2.05) is 12.1 Å². The highest BCUT2D eigenvalue weighted by molar-refractivity contribution is 5.99. The molecule has 0 aliphatic carbocycles. The van der Waals surface area contributed by atoms with Gasteiger partial charge in [-0.25, -0.2) is 5.43 Å². The van der Waals surface area contributed by atoms with E-state index >= 15 is 0 Å². The number of amides is 1. The molecular weight excluding hydrogens is 310 g/mol. The zero-order valence-corrected chi connectivity index (χ0v) is 13.4. The Kier molecular flexibility index (Phi) is 5.62. The highest BCUT2D eigenvalue weighted by Crippen LogP contribution is 2.14. The van der Waals surface area contributed by atoms with Crippen LogP contribution in [0, 0.1) is 10.1 Å². The van der Waals surface area contributed by atoms with Crippen molar-refractivity contribution in [1.82, 2.24) is 5.43 Å². The lowest BCUT2D eigenvalue weighted by Crippen LogP contribution is -2.21. The second-order valence-corrected chi connectivity index (χ2v) is 5.06. The fraction of sp³-hybridized carbons (Fsp3) is 0.176. The average molecular weight is 327 g/mol. The maximum absolute atomic E-state index is 11.9. The summed E-state index contributed by atoms with van der Waals surface area (Å²) in [5.74, 6) is 0.393. The van der Waals surface area contributed by atoms with E-state index in [-0.39, 0.29) is 18.0 Å². The van der Waals surface area contributed by atoms with E-state index in [9.17, 15) is 14.9 Å². The summed E-state index contributed by atoms with van der Waals surface area (Å²) >= 11 is 0. The third-order valence-corrected chi connectivity index (χ3v) is 3.34. The zero-order chi connectivity index (χ0) is 17.5. The summed E-state index contributed by atoms with van der Waals surface area (Å²) in [5.41, 5.74) is 4.46. The number of non-ortho nitro benzene ring substituents is 1. The van der Waals surface area contributed by atoms with Crippen LogP contribution in [-0.4, -0.2) is 23.7 Å². The van der Waals surface area contributed by atoms with E-state index in [2.05, 4.69) is 10.5 Å². The monoisotopic (exact) mass is 327 g/mol. The molecule has 0 atom stereocenters. The lowest BCUT2D eigenvalue weighted by atomic mass is 10.1. The number of hydrogen-bond donors (Lipinski definition) is 1. The van der Waals surface area contributed by atoms with Crippen LogP contribution in [0.4, 0.5) is 5.69 Å². The molecule has 0 aliphatic heterocycles. The van der Waals surface area contributed by atoms with Gasteiger partial charge in [-0.1, -0.05) is 12.1 Å². The normalized spacial score (nSPS) is 11.0. The van der Waals surface area contributed by atoms with E-state index in [1.165, 1.54) is 12.1 Å². The first-order valence-electron chi connectivity index (χ1n) is 7.20. The van der Waals surface area contributed by atoms with Crippen molar-refractivity contribution in [3.05, 3.63) is 69.8 Å². The van der Waals surface area contributed by atoms with E-state index in [0.29, 0.717) is 11.3 Å². The predicted molar refractivity (Wildman–Crippen MR) is 90.1 cm³/mol. The van der Waals surface area contributed by atoms with Gasteiger partial charge in [0.05, 0.1) is 24.2 Å². The molecule has 0 radical (unpaired) electrons. The van der Waals surface area contributed by atoms with Gasteiger partial charge in [0.2, 0.25) is 5.91 Å². The molecule has 2 rings (SSSR count). The number of nitro benzene ring substituents is 1. The number of hydrogen-bond acceptors (Lipinski definition) is 5. The molecule has 24 heavy (non-hydrogen) atoms. The number of ether oxygens (including phenoxy) is 1. The number of nitrogens with one attached hydrogen (secondary N) is 1. The van der Waals surface area contributed by atoms with Gasteiger partial charge < -0.3 is 4.74 Å². The Morgan fingerprint density at radius 3 is 2.58 bits per heavy atom. The van der Waals surface area contributed by atoms with Crippen LogP contribution in [0.5, 0.6) is 5.75 Å². The molecule has 0 heterocycles. The Morgan fingerprint density at radius 2 is 1.96 bits per heavy atom. The Hall–Kier alpha value is -3.22. The van der Waals surface area contributed by atoms with Crippen molar-refractivity contribution in [3.63, 3.8) is 0 Å². The molecule has 1 N–H and O–H groups in total. The summed E-state index contributed by atoms with van der Waals surface area (Å²) in [6.45, 7) is 1.77. The first-order chi connectivity index (χ1) is 11.5. The molecule has 0 spiro atoms. The van der Waals surface area contributed by atoms with Crippen LogP contribution in [-0.2, 0) is 11.2 Å². The molecule has 7 nitrogen and oxygen atoms in total. The van der Waals surface area contributed by atoms with Crippen molar-refractivity contribution in [3.8, 4) is 5.75 Å². The van der Waals surface area contributed by atoms with Crippen molar-refractivity contribution in [1.29, 1.82) is 0 Å². The fourth-order valence-electron chi connectivity index (χ4n) is 2.05. The summed E-state index contributed by atoms with van der Waals surface area (Å²) in [4.78, 5) is 22.2. The number of methoxy groups -OCH3 is 1. The molecular formula is C17H17N3O4. The first-order valence-corrected chi connectivity index (χ1v) is 7.20. The SMILES string of the molecule is COc1ccc(C(C)=NNC(=O)Cc2cccc([N+](=O)[O-])c2)cc1.